The van der Waals surface area contributed by atoms with Gasteiger partial charge < -0.3 is 29.0 Å². The van der Waals surface area contributed by atoms with Crippen LogP contribution in [0.4, 0.5) is 17.6 Å². The van der Waals surface area contributed by atoms with Crippen LogP contribution in [-0.2, 0) is 20.8 Å². The lowest BCUT2D eigenvalue weighted by molar-refractivity contribution is -0.170. The molecule has 0 aromatic carbocycles. The van der Waals surface area contributed by atoms with E-state index in [-0.39, 0.29) is 18.4 Å². The van der Waals surface area contributed by atoms with E-state index in [2.05, 4.69) is 45.5 Å². The summed E-state index contributed by atoms with van der Waals surface area (Å²) in [6.07, 6.45) is 7.87. The number of nitrogens with one attached hydrogen (secondary N) is 1. The van der Waals surface area contributed by atoms with Crippen molar-refractivity contribution in [1.82, 2.24) is 24.5 Å². The number of aromatic nitrogens is 5. The number of methoxy groups -OCH3 is 1. The monoisotopic (exact) mass is 495 g/mol. The van der Waals surface area contributed by atoms with E-state index in [1.54, 1.807) is 19.5 Å². The van der Waals surface area contributed by atoms with Crippen molar-refractivity contribution in [3.63, 3.8) is 0 Å². The molecule has 10 heteroatoms. The van der Waals surface area contributed by atoms with Gasteiger partial charge in [-0.2, -0.15) is 4.98 Å². The number of hydrogen-bond donors (Lipinski definition) is 1. The molecule has 0 bridgehead atoms. The Hall–Kier alpha value is -2.82. The van der Waals surface area contributed by atoms with Crippen molar-refractivity contribution in [2.75, 3.05) is 37.0 Å². The van der Waals surface area contributed by atoms with Gasteiger partial charge in [0.25, 0.3) is 0 Å². The molecule has 0 radical (unpaired) electrons. The van der Waals surface area contributed by atoms with Gasteiger partial charge in [0.1, 0.15) is 29.6 Å². The zero-order valence-electron chi connectivity index (χ0n) is 21.7. The van der Waals surface area contributed by atoms with Crippen LogP contribution in [0.25, 0.3) is 11.0 Å². The van der Waals surface area contributed by atoms with Gasteiger partial charge in [-0.05, 0) is 51.5 Å². The molecule has 36 heavy (non-hydrogen) atoms. The van der Waals surface area contributed by atoms with Crippen LogP contribution < -0.4 is 10.2 Å². The topological polar surface area (TPSA) is 99.5 Å². The zero-order valence-corrected chi connectivity index (χ0v) is 21.7. The van der Waals surface area contributed by atoms with E-state index in [0.29, 0.717) is 24.2 Å². The second-order valence-electron chi connectivity index (χ2n) is 10.0. The molecule has 0 aliphatic carbocycles. The third-order valence-electron chi connectivity index (χ3n) is 7.01. The molecule has 0 saturated carbocycles. The highest BCUT2D eigenvalue weighted by atomic mass is 16.7. The Bertz CT molecular complexity index is 1160. The average Bonchev–Trinajstić information content (AvgIpc) is 3.26. The number of piperidine rings is 1. The van der Waals surface area contributed by atoms with E-state index in [4.69, 9.17) is 24.2 Å². The number of imidazole rings is 1. The number of anilines is 3. The number of hydrogen-bond acceptors (Lipinski definition) is 9. The van der Waals surface area contributed by atoms with Gasteiger partial charge in [-0.3, -0.25) is 0 Å². The van der Waals surface area contributed by atoms with Gasteiger partial charge in [-0.15, -0.1) is 0 Å². The fourth-order valence-corrected chi connectivity index (χ4v) is 5.16. The molecule has 2 fully saturated rings. The highest BCUT2D eigenvalue weighted by Gasteiger charge is 2.27. The predicted octanol–water partition coefficient (Wildman–Crippen LogP) is 4.45. The Kier molecular flexibility index (Phi) is 7.64. The molecule has 194 valence electrons. The molecule has 0 amide bonds. The van der Waals surface area contributed by atoms with Crippen LogP contribution in [0.3, 0.4) is 0 Å². The first kappa shape index (κ1) is 24.9. The maximum absolute atomic E-state index is 6.04. The lowest BCUT2D eigenvalue weighted by Gasteiger charge is -2.36. The number of fused-ring (bicyclic) bond motifs is 1. The third-order valence-corrected chi connectivity index (χ3v) is 7.01. The second kappa shape index (κ2) is 11.1. The van der Waals surface area contributed by atoms with Crippen LogP contribution in [-0.4, -0.2) is 63.7 Å². The summed E-state index contributed by atoms with van der Waals surface area (Å²) in [5.74, 6) is 3.45. The minimum Gasteiger partial charge on any atom is -0.381 e. The Morgan fingerprint density at radius 3 is 2.81 bits per heavy atom. The first-order valence-corrected chi connectivity index (χ1v) is 13.0. The summed E-state index contributed by atoms with van der Waals surface area (Å²) in [6, 6.07) is 4.11. The van der Waals surface area contributed by atoms with Crippen LogP contribution >= 0.6 is 0 Å². The number of ether oxygens (including phenoxy) is 3. The molecular formula is C26H37N7O3. The molecule has 3 aromatic heterocycles. The Labute approximate surface area is 212 Å². The molecule has 2 aliphatic rings. The fourth-order valence-electron chi connectivity index (χ4n) is 5.16. The highest BCUT2D eigenvalue weighted by Crippen LogP contribution is 2.27. The van der Waals surface area contributed by atoms with Crippen molar-refractivity contribution in [3.8, 4) is 0 Å². The maximum atomic E-state index is 6.04. The lowest BCUT2D eigenvalue weighted by Crippen LogP contribution is -2.43. The minimum absolute atomic E-state index is 0.148. The Morgan fingerprint density at radius 1 is 1.17 bits per heavy atom. The van der Waals surface area contributed by atoms with E-state index in [1.165, 1.54) is 0 Å². The van der Waals surface area contributed by atoms with Crippen LogP contribution in [0.2, 0.25) is 0 Å². The van der Waals surface area contributed by atoms with E-state index < -0.39 is 0 Å². The summed E-state index contributed by atoms with van der Waals surface area (Å²) in [5.41, 5.74) is 1.85. The number of rotatable bonds is 8. The van der Waals surface area contributed by atoms with E-state index in [9.17, 15) is 0 Å². The Morgan fingerprint density at radius 2 is 2.06 bits per heavy atom. The molecular weight excluding hydrogens is 458 g/mol. The smallest absolute Gasteiger partial charge is 0.227 e. The maximum Gasteiger partial charge on any atom is 0.227 e. The van der Waals surface area contributed by atoms with Crippen LogP contribution in [0, 0.1) is 5.92 Å². The van der Waals surface area contributed by atoms with Crippen molar-refractivity contribution in [1.29, 1.82) is 0 Å². The summed E-state index contributed by atoms with van der Waals surface area (Å²) in [4.78, 5) is 20.9. The molecule has 1 N–H and O–H groups in total. The standard InChI is InChI=1S/C26H37N7O3/c1-17(2)33-20-13-23(28-14-19(20)29-24(33)16-36-25-7-5-6-12-35-25)30-22-8-10-27-26(31-22)32-11-9-21(34-4)18(3)15-32/h8,10,13-14,17-18,21,25H,5-7,9,11-12,15-16H2,1-4H3,(H,27,28,30,31). The van der Waals surface area contributed by atoms with Gasteiger partial charge in [-0.25, -0.2) is 15.0 Å². The molecule has 3 aromatic rings. The van der Waals surface area contributed by atoms with Crippen LogP contribution in [0.5, 0.6) is 0 Å². The van der Waals surface area contributed by atoms with Crippen molar-refractivity contribution in [2.24, 2.45) is 5.92 Å². The van der Waals surface area contributed by atoms with E-state index in [0.717, 1.165) is 68.2 Å². The van der Waals surface area contributed by atoms with Crippen LogP contribution in [0.15, 0.2) is 24.5 Å². The molecule has 0 spiro atoms. The van der Waals surface area contributed by atoms with Crippen molar-refractivity contribution >= 4 is 28.6 Å². The fraction of sp³-hybridized carbons (Fsp3) is 0.615. The first-order valence-electron chi connectivity index (χ1n) is 13.0. The molecule has 10 nitrogen and oxygen atoms in total. The number of nitrogens with zero attached hydrogens (tertiary/aromatic N) is 6. The van der Waals surface area contributed by atoms with Gasteiger partial charge in [0.05, 0.1) is 17.8 Å². The second-order valence-corrected chi connectivity index (χ2v) is 10.0. The van der Waals surface area contributed by atoms with Crippen molar-refractivity contribution in [2.45, 2.75) is 71.5 Å². The van der Waals surface area contributed by atoms with Gasteiger partial charge in [0.15, 0.2) is 6.29 Å². The molecule has 3 unspecified atom stereocenters. The summed E-state index contributed by atoms with van der Waals surface area (Å²) >= 11 is 0. The minimum atomic E-state index is -0.148. The average molecular weight is 496 g/mol. The van der Waals surface area contributed by atoms with Gasteiger partial charge in [0.2, 0.25) is 5.95 Å². The van der Waals surface area contributed by atoms with E-state index in [1.807, 2.05) is 12.1 Å². The molecule has 2 aliphatic heterocycles. The summed E-state index contributed by atoms with van der Waals surface area (Å²) in [7, 11) is 1.79. The molecule has 3 atom stereocenters. The quantitative estimate of drug-likeness (QED) is 0.486. The van der Waals surface area contributed by atoms with Crippen LogP contribution in [0.1, 0.15) is 58.3 Å². The van der Waals surface area contributed by atoms with Crippen molar-refractivity contribution in [3.05, 3.63) is 30.4 Å². The number of pyridine rings is 1. The lowest BCUT2D eigenvalue weighted by atomic mass is 9.97. The predicted molar refractivity (Wildman–Crippen MR) is 138 cm³/mol. The highest BCUT2D eigenvalue weighted by molar-refractivity contribution is 5.79. The largest absolute Gasteiger partial charge is 0.381 e. The van der Waals surface area contributed by atoms with Gasteiger partial charge in [0, 0.05) is 45.1 Å². The van der Waals surface area contributed by atoms with Gasteiger partial charge in [-0.1, -0.05) is 6.92 Å². The molecule has 2 saturated heterocycles. The molecule has 5 rings (SSSR count). The third kappa shape index (κ3) is 5.45. The van der Waals surface area contributed by atoms with Gasteiger partial charge >= 0.3 is 0 Å². The first-order chi connectivity index (χ1) is 17.5. The summed E-state index contributed by atoms with van der Waals surface area (Å²) < 4.78 is 19.6. The summed E-state index contributed by atoms with van der Waals surface area (Å²) in [5, 5.41) is 3.36. The summed E-state index contributed by atoms with van der Waals surface area (Å²) in [6.45, 7) is 9.44. The Balaban J connectivity index is 1.33. The SMILES string of the molecule is COC1CCN(c2nccc(Nc3cc4c(cn3)nc(COC3CCCCO3)n4C(C)C)n2)CC1C. The van der Waals surface area contributed by atoms with E-state index >= 15 is 0 Å². The molecule has 5 heterocycles. The zero-order chi connectivity index (χ0) is 25.1. The normalized spacial score (nSPS) is 22.9. The van der Waals surface area contributed by atoms with Crippen molar-refractivity contribution < 1.29 is 14.2 Å².